The van der Waals surface area contributed by atoms with Crippen molar-refractivity contribution in [1.82, 2.24) is 19.8 Å². The Kier molecular flexibility index (Phi) is 15.4. The molecule has 0 spiro atoms. The van der Waals surface area contributed by atoms with E-state index < -0.39 is 27.6 Å². The lowest BCUT2D eigenvalue weighted by Gasteiger charge is -2.34. The molecule has 3 aromatic carbocycles. The Morgan fingerprint density at radius 2 is 1.24 bits per heavy atom. The van der Waals surface area contributed by atoms with Gasteiger partial charge in [-0.3, -0.25) is 24.6 Å². The van der Waals surface area contributed by atoms with Gasteiger partial charge in [0.25, 0.3) is 0 Å². The SMILES string of the molecule is N=C(N)c1ccc(CNC(=O)[C@H]2CC(=O)[C@H](CS(=O)(=O)NC3CCCCC3)Cc3ccc(cc3)NC(=O)CCN3CCN(CCC(=O)Nc4ccc(cc4)C2)CC3)cc1. The Morgan fingerprint density at radius 1 is 0.712 bits per heavy atom. The fourth-order valence-corrected chi connectivity index (χ4v) is 9.75. The van der Waals surface area contributed by atoms with Crippen LogP contribution in [-0.4, -0.2) is 98.6 Å². The monoisotopic (exact) mass is 826 g/mol. The van der Waals surface area contributed by atoms with Crippen LogP contribution in [0.1, 0.15) is 73.6 Å². The molecule has 0 aromatic heterocycles. The number of nitrogens with zero attached hydrogens (tertiary/aromatic N) is 2. The van der Waals surface area contributed by atoms with Gasteiger partial charge in [-0.1, -0.05) is 67.8 Å². The standard InChI is InChI=1S/C44H58N8O6S/c45-43(46)34-12-6-33(7-13-34)29-47-44(56)35-26-31-8-14-37(15-9-31)48-41(54)18-20-51-22-24-52(25-23-51)21-19-42(55)49-38-16-10-32(11-17-38)27-36(40(53)28-35)30-59(57,58)50-39-4-2-1-3-5-39/h6-17,35-36,39,50H,1-5,18-30H2,(H3,45,46)(H,47,56)(H,48,54)(H,49,55)/t35-,36+/m1/s1. The number of carbonyl (C=O) groups excluding carboxylic acids is 4. The van der Waals surface area contributed by atoms with Crippen molar-refractivity contribution >= 4 is 50.7 Å². The molecule has 0 radical (unpaired) electrons. The highest BCUT2D eigenvalue weighted by atomic mass is 32.2. The molecule has 5 aliphatic heterocycles. The predicted octanol–water partition coefficient (Wildman–Crippen LogP) is 3.80. The highest BCUT2D eigenvalue weighted by Crippen LogP contribution is 2.24. The molecule has 0 unspecified atom stereocenters. The highest BCUT2D eigenvalue weighted by Gasteiger charge is 2.32. The molecule has 316 valence electrons. The molecule has 14 nitrogen and oxygen atoms in total. The van der Waals surface area contributed by atoms with Crippen molar-refractivity contribution in [2.24, 2.45) is 17.6 Å². The normalized spacial score (nSPS) is 23.0. The van der Waals surface area contributed by atoms with Gasteiger partial charge in [0.1, 0.15) is 11.6 Å². The summed E-state index contributed by atoms with van der Waals surface area (Å²) < 4.78 is 30.2. The second-order valence-electron chi connectivity index (χ2n) is 16.2. The Labute approximate surface area is 347 Å². The van der Waals surface area contributed by atoms with Gasteiger partial charge in [-0.25, -0.2) is 13.1 Å². The second-order valence-corrected chi connectivity index (χ2v) is 18.0. The molecule has 15 heteroatoms. The maximum Gasteiger partial charge on any atom is 0.225 e. The van der Waals surface area contributed by atoms with Crippen LogP contribution in [0.25, 0.3) is 0 Å². The third-order valence-electron chi connectivity index (χ3n) is 11.6. The Bertz CT molecular complexity index is 2030. The molecule has 1 saturated carbocycles. The summed E-state index contributed by atoms with van der Waals surface area (Å²) in [6, 6.07) is 21.2. The minimum absolute atomic E-state index is 0.0629. The minimum atomic E-state index is -3.86. The maximum atomic E-state index is 14.4. The zero-order chi connectivity index (χ0) is 41.8. The van der Waals surface area contributed by atoms with E-state index in [1.807, 2.05) is 24.3 Å². The van der Waals surface area contributed by atoms with Crippen LogP contribution in [0.5, 0.6) is 0 Å². The van der Waals surface area contributed by atoms with Crippen LogP contribution in [0.15, 0.2) is 72.8 Å². The fourth-order valence-electron chi connectivity index (χ4n) is 8.08. The summed E-state index contributed by atoms with van der Waals surface area (Å²) in [6.45, 7) is 4.66. The van der Waals surface area contributed by atoms with Crippen molar-refractivity contribution in [3.05, 3.63) is 95.1 Å². The first-order chi connectivity index (χ1) is 28.4. The number of amides is 3. The number of carbonyl (C=O) groups is 4. The van der Waals surface area contributed by atoms with Gasteiger partial charge in [0.05, 0.1) is 5.75 Å². The summed E-state index contributed by atoms with van der Waals surface area (Å²) in [5.41, 5.74) is 9.70. The number of fused-ring (bicyclic) bond motifs is 3. The van der Waals surface area contributed by atoms with Gasteiger partial charge in [0.2, 0.25) is 27.7 Å². The first kappa shape index (κ1) is 43.6. The number of nitrogens with two attached hydrogens (primary N) is 1. The van der Waals surface area contributed by atoms with E-state index in [0.29, 0.717) is 42.9 Å². The number of Topliss-reactive ketones (excluding diaryl/α,β-unsaturated/α-hetero) is 1. The molecule has 2 fully saturated rings. The number of hydrogen-bond donors (Lipinski definition) is 6. The lowest BCUT2D eigenvalue weighted by Crippen LogP contribution is -2.47. The molecule has 7 N–H and O–H groups in total. The molecule has 3 aromatic rings. The van der Waals surface area contributed by atoms with Crippen LogP contribution in [0.3, 0.4) is 0 Å². The molecular formula is C44H58N8O6S. The number of anilines is 2. The summed E-state index contributed by atoms with van der Waals surface area (Å²) >= 11 is 0. The molecule has 1 saturated heterocycles. The van der Waals surface area contributed by atoms with Crippen molar-refractivity contribution in [2.75, 3.05) is 55.7 Å². The molecule has 2 atom stereocenters. The number of hydrogen-bond acceptors (Lipinski definition) is 9. The van der Waals surface area contributed by atoms with E-state index >= 15 is 0 Å². The number of nitrogens with one attached hydrogen (secondary N) is 5. The quantitative estimate of drug-likeness (QED) is 0.144. The van der Waals surface area contributed by atoms with Crippen molar-refractivity contribution in [3.8, 4) is 0 Å². The molecule has 59 heavy (non-hydrogen) atoms. The first-order valence-electron chi connectivity index (χ1n) is 20.8. The van der Waals surface area contributed by atoms with Gasteiger partial charge in [-0.05, 0) is 66.6 Å². The number of sulfonamides is 1. The van der Waals surface area contributed by atoms with Crippen molar-refractivity contribution in [1.29, 1.82) is 5.41 Å². The average Bonchev–Trinajstić information content (AvgIpc) is 3.22. The number of ketones is 1. The number of benzene rings is 3. The van der Waals surface area contributed by atoms with E-state index in [4.69, 9.17) is 11.1 Å². The molecular weight excluding hydrogens is 769 g/mol. The zero-order valence-corrected chi connectivity index (χ0v) is 34.5. The molecule has 1 aliphatic carbocycles. The van der Waals surface area contributed by atoms with Gasteiger partial charge < -0.3 is 31.5 Å². The molecule has 6 aliphatic rings. The number of rotatable bonds is 8. The third kappa shape index (κ3) is 13.8. The van der Waals surface area contributed by atoms with Crippen LogP contribution in [0.2, 0.25) is 0 Å². The Morgan fingerprint density at radius 3 is 1.76 bits per heavy atom. The number of nitrogen functional groups attached to an aromatic ring is 1. The van der Waals surface area contributed by atoms with Gasteiger partial charge in [0, 0.05) is 99.9 Å². The van der Waals surface area contributed by atoms with Crippen LogP contribution >= 0.6 is 0 Å². The average molecular weight is 827 g/mol. The van der Waals surface area contributed by atoms with E-state index in [1.54, 1.807) is 48.5 Å². The maximum absolute atomic E-state index is 14.4. The van der Waals surface area contributed by atoms with Crippen molar-refractivity contribution < 1.29 is 27.6 Å². The molecule has 5 heterocycles. The Balaban J connectivity index is 1.25. The Hall–Kier alpha value is -4.96. The van der Waals surface area contributed by atoms with Crippen molar-refractivity contribution in [3.63, 3.8) is 0 Å². The topological polar surface area (TPSA) is 207 Å². The molecule has 9 rings (SSSR count). The van der Waals surface area contributed by atoms with Gasteiger partial charge in [0.15, 0.2) is 0 Å². The van der Waals surface area contributed by atoms with E-state index in [9.17, 15) is 27.6 Å². The minimum Gasteiger partial charge on any atom is -0.384 e. The highest BCUT2D eigenvalue weighted by molar-refractivity contribution is 7.89. The first-order valence-corrected chi connectivity index (χ1v) is 22.5. The van der Waals surface area contributed by atoms with Gasteiger partial charge in [-0.15, -0.1) is 0 Å². The molecule has 6 bridgehead atoms. The van der Waals surface area contributed by atoms with E-state index in [-0.39, 0.29) is 61.2 Å². The zero-order valence-electron chi connectivity index (χ0n) is 33.7. The largest absolute Gasteiger partial charge is 0.384 e. The van der Waals surface area contributed by atoms with Crippen molar-refractivity contribution in [2.45, 2.75) is 76.8 Å². The summed E-state index contributed by atoms with van der Waals surface area (Å²) in [6.07, 6.45) is 5.26. The predicted molar refractivity (Wildman–Crippen MR) is 229 cm³/mol. The summed E-state index contributed by atoms with van der Waals surface area (Å²) in [4.78, 5) is 58.7. The van der Waals surface area contributed by atoms with Crippen LogP contribution in [0.4, 0.5) is 11.4 Å². The summed E-state index contributed by atoms with van der Waals surface area (Å²) in [5, 5.41) is 16.6. The summed E-state index contributed by atoms with van der Waals surface area (Å²) in [5.74, 6) is -3.17. The smallest absolute Gasteiger partial charge is 0.225 e. The number of amidine groups is 1. The van der Waals surface area contributed by atoms with Crippen LogP contribution in [0, 0.1) is 17.2 Å². The molecule has 3 amide bonds. The van der Waals surface area contributed by atoms with Gasteiger partial charge >= 0.3 is 0 Å². The van der Waals surface area contributed by atoms with Crippen LogP contribution < -0.4 is 26.4 Å². The van der Waals surface area contributed by atoms with E-state index in [2.05, 4.69) is 30.5 Å². The second kappa shape index (κ2) is 20.8. The fraction of sp³-hybridized carbons (Fsp3) is 0.477. The van der Waals surface area contributed by atoms with Gasteiger partial charge in [-0.2, -0.15) is 0 Å². The third-order valence-corrected chi connectivity index (χ3v) is 13.1. The van der Waals surface area contributed by atoms with E-state index in [0.717, 1.165) is 75.0 Å². The van der Waals surface area contributed by atoms with Crippen LogP contribution in [-0.2, 0) is 48.6 Å². The summed E-state index contributed by atoms with van der Waals surface area (Å²) in [7, 11) is -3.86. The lowest BCUT2D eigenvalue weighted by atomic mass is 9.87. The lowest BCUT2D eigenvalue weighted by molar-refractivity contribution is -0.130. The van der Waals surface area contributed by atoms with E-state index in [1.165, 1.54) is 0 Å². The number of piperazine rings is 1.